The van der Waals surface area contributed by atoms with Crippen LogP contribution in [0.4, 0.5) is 0 Å². The van der Waals surface area contributed by atoms with E-state index in [-0.39, 0.29) is 36.0 Å². The lowest BCUT2D eigenvalue weighted by molar-refractivity contribution is -0.124. The quantitative estimate of drug-likeness (QED) is 0.676. The van der Waals surface area contributed by atoms with Crippen molar-refractivity contribution >= 4 is 12.0 Å². The SMILES string of the molecule is C/C=C/c1ccc2n(c1=O)C[C@@H]1[C@@H](CO)[C@H](C(=O)NCCc3ccncc3)N[C@H]21. The molecule has 152 valence electrons. The smallest absolute Gasteiger partial charge is 0.258 e. The number of fused-ring (bicyclic) bond motifs is 3. The van der Waals surface area contributed by atoms with Gasteiger partial charge in [-0.3, -0.25) is 19.9 Å². The van der Waals surface area contributed by atoms with Gasteiger partial charge in [-0.1, -0.05) is 12.2 Å². The molecule has 7 heteroatoms. The lowest BCUT2D eigenvalue weighted by Gasteiger charge is -2.21. The minimum absolute atomic E-state index is 0.0181. The monoisotopic (exact) mass is 394 g/mol. The van der Waals surface area contributed by atoms with Crippen molar-refractivity contribution in [1.29, 1.82) is 0 Å². The maximum Gasteiger partial charge on any atom is 0.258 e. The van der Waals surface area contributed by atoms with Gasteiger partial charge >= 0.3 is 0 Å². The Morgan fingerprint density at radius 2 is 2.14 bits per heavy atom. The molecular formula is C22H26N4O3. The van der Waals surface area contributed by atoms with Crippen molar-refractivity contribution in [2.75, 3.05) is 13.2 Å². The molecule has 2 aromatic heterocycles. The summed E-state index contributed by atoms with van der Waals surface area (Å²) in [5, 5.41) is 16.4. The van der Waals surface area contributed by atoms with Gasteiger partial charge < -0.3 is 15.0 Å². The van der Waals surface area contributed by atoms with E-state index in [4.69, 9.17) is 0 Å². The first-order valence-electron chi connectivity index (χ1n) is 10.0. The van der Waals surface area contributed by atoms with E-state index in [1.807, 2.05) is 37.3 Å². The Morgan fingerprint density at radius 3 is 2.86 bits per heavy atom. The van der Waals surface area contributed by atoms with E-state index in [0.717, 1.165) is 17.7 Å². The highest BCUT2D eigenvalue weighted by Gasteiger charge is 2.50. The van der Waals surface area contributed by atoms with Gasteiger partial charge in [-0.15, -0.1) is 0 Å². The molecule has 0 aromatic carbocycles. The zero-order valence-electron chi connectivity index (χ0n) is 16.4. The predicted octanol–water partition coefficient (Wildman–Crippen LogP) is 0.886. The molecule has 1 fully saturated rings. The Kier molecular flexibility index (Phi) is 5.60. The molecule has 0 unspecified atom stereocenters. The summed E-state index contributed by atoms with van der Waals surface area (Å²) in [6.07, 6.45) is 7.85. The minimum Gasteiger partial charge on any atom is -0.396 e. The van der Waals surface area contributed by atoms with Gasteiger partial charge in [-0.2, -0.15) is 0 Å². The summed E-state index contributed by atoms with van der Waals surface area (Å²) < 4.78 is 1.78. The molecule has 2 aliphatic rings. The number of pyridine rings is 2. The lowest BCUT2D eigenvalue weighted by atomic mass is 9.88. The van der Waals surface area contributed by atoms with E-state index >= 15 is 0 Å². The molecule has 1 saturated heterocycles. The highest BCUT2D eigenvalue weighted by molar-refractivity contribution is 5.82. The van der Waals surface area contributed by atoms with Crippen molar-refractivity contribution < 1.29 is 9.90 Å². The summed E-state index contributed by atoms with van der Waals surface area (Å²) in [5.74, 6) is -0.318. The topological polar surface area (TPSA) is 96.2 Å². The molecule has 0 bridgehead atoms. The fourth-order valence-corrected chi connectivity index (χ4v) is 4.57. The summed E-state index contributed by atoms with van der Waals surface area (Å²) in [5.41, 5.74) is 2.63. The van der Waals surface area contributed by atoms with Gasteiger partial charge in [0.25, 0.3) is 5.56 Å². The van der Waals surface area contributed by atoms with Gasteiger partial charge in [-0.25, -0.2) is 0 Å². The van der Waals surface area contributed by atoms with Gasteiger partial charge in [0.15, 0.2) is 0 Å². The molecule has 2 aliphatic heterocycles. The number of amides is 1. The molecular weight excluding hydrogens is 368 g/mol. The van der Waals surface area contributed by atoms with Crippen LogP contribution >= 0.6 is 0 Å². The van der Waals surface area contributed by atoms with E-state index in [1.165, 1.54) is 0 Å². The van der Waals surface area contributed by atoms with Gasteiger partial charge in [0.2, 0.25) is 5.91 Å². The second kappa shape index (κ2) is 8.31. The van der Waals surface area contributed by atoms with Crippen LogP contribution in [-0.2, 0) is 17.8 Å². The predicted molar refractivity (Wildman–Crippen MR) is 110 cm³/mol. The number of hydrogen-bond acceptors (Lipinski definition) is 5. The number of aromatic nitrogens is 2. The number of nitrogens with one attached hydrogen (secondary N) is 2. The van der Waals surface area contributed by atoms with Gasteiger partial charge in [0.05, 0.1) is 12.1 Å². The number of carbonyl (C=O) groups is 1. The lowest BCUT2D eigenvalue weighted by Crippen LogP contribution is -2.46. The van der Waals surface area contributed by atoms with Crippen molar-refractivity contribution in [2.45, 2.75) is 32.0 Å². The Hall–Kier alpha value is -2.77. The molecule has 0 saturated carbocycles. The van der Waals surface area contributed by atoms with Gasteiger partial charge in [-0.05, 0) is 43.2 Å². The van der Waals surface area contributed by atoms with E-state index in [0.29, 0.717) is 18.7 Å². The summed E-state index contributed by atoms with van der Waals surface area (Å²) in [4.78, 5) is 29.5. The van der Waals surface area contributed by atoms with Crippen LogP contribution in [0, 0.1) is 11.8 Å². The van der Waals surface area contributed by atoms with Crippen molar-refractivity contribution in [1.82, 2.24) is 20.2 Å². The summed E-state index contributed by atoms with van der Waals surface area (Å²) in [6, 6.07) is 7.07. The molecule has 7 nitrogen and oxygen atoms in total. The number of carbonyl (C=O) groups excluding carboxylic acids is 1. The molecule has 4 rings (SSSR count). The van der Waals surface area contributed by atoms with Crippen LogP contribution in [0.1, 0.15) is 29.8 Å². The molecule has 4 heterocycles. The van der Waals surface area contributed by atoms with Crippen LogP contribution in [0.15, 0.2) is 47.5 Å². The fourth-order valence-electron chi connectivity index (χ4n) is 4.57. The van der Waals surface area contributed by atoms with Gasteiger partial charge in [0, 0.05) is 55.2 Å². The minimum atomic E-state index is -0.466. The number of hydrogen-bond donors (Lipinski definition) is 3. The fraction of sp³-hybridized carbons (Fsp3) is 0.409. The molecule has 3 N–H and O–H groups in total. The molecule has 29 heavy (non-hydrogen) atoms. The molecule has 0 radical (unpaired) electrons. The molecule has 1 amide bonds. The van der Waals surface area contributed by atoms with Crippen LogP contribution in [0.5, 0.6) is 0 Å². The Morgan fingerprint density at radius 1 is 1.34 bits per heavy atom. The van der Waals surface area contributed by atoms with Gasteiger partial charge in [0.1, 0.15) is 0 Å². The maximum atomic E-state index is 12.8. The third-order valence-corrected chi connectivity index (χ3v) is 6.02. The number of nitrogens with zero attached hydrogens (tertiary/aromatic N) is 2. The first-order valence-corrected chi connectivity index (χ1v) is 10.0. The van der Waals surface area contributed by atoms with Crippen LogP contribution in [-0.4, -0.2) is 39.8 Å². The maximum absolute atomic E-state index is 12.8. The van der Waals surface area contributed by atoms with E-state index in [2.05, 4.69) is 15.6 Å². The zero-order valence-corrected chi connectivity index (χ0v) is 16.4. The standard InChI is InChI=1S/C22H26N4O3/c1-2-3-15-4-5-18-19-16(12-26(18)22(15)29)17(13-27)20(25-19)21(28)24-11-8-14-6-9-23-10-7-14/h2-7,9-10,16-17,19-20,25,27H,8,11-13H2,1H3,(H,24,28)/b3-2+/t16-,17-,19+,20-/m1/s1. The number of rotatable bonds is 6. The Labute approximate surface area is 169 Å². The molecule has 0 aliphatic carbocycles. The van der Waals surface area contributed by atoms with Crippen LogP contribution in [0.3, 0.4) is 0 Å². The first-order chi connectivity index (χ1) is 14.1. The van der Waals surface area contributed by atoms with E-state index in [9.17, 15) is 14.7 Å². The second-order valence-corrected chi connectivity index (χ2v) is 7.66. The highest BCUT2D eigenvalue weighted by atomic mass is 16.3. The van der Waals surface area contributed by atoms with Crippen molar-refractivity contribution in [3.8, 4) is 0 Å². The molecule has 0 spiro atoms. The number of aliphatic hydroxyl groups excluding tert-OH is 1. The normalized spacial score (nSPS) is 25.2. The average molecular weight is 394 g/mol. The first kappa shape index (κ1) is 19.5. The van der Waals surface area contributed by atoms with E-state index < -0.39 is 6.04 Å². The summed E-state index contributed by atoms with van der Waals surface area (Å²) in [6.45, 7) is 2.83. The van der Waals surface area contributed by atoms with Crippen molar-refractivity contribution in [3.05, 3.63) is 69.9 Å². The third kappa shape index (κ3) is 3.63. The third-order valence-electron chi connectivity index (χ3n) is 6.02. The Balaban J connectivity index is 1.46. The van der Waals surface area contributed by atoms with Crippen molar-refractivity contribution in [2.24, 2.45) is 11.8 Å². The number of aliphatic hydroxyl groups is 1. The largest absolute Gasteiger partial charge is 0.396 e. The molecule has 4 atom stereocenters. The van der Waals surface area contributed by atoms with Crippen LogP contribution in [0.25, 0.3) is 6.08 Å². The highest BCUT2D eigenvalue weighted by Crippen LogP contribution is 2.42. The average Bonchev–Trinajstić information content (AvgIpc) is 3.27. The zero-order chi connectivity index (χ0) is 20.4. The second-order valence-electron chi connectivity index (χ2n) is 7.66. The number of allylic oxidation sites excluding steroid dienone is 1. The molecule has 2 aromatic rings. The van der Waals surface area contributed by atoms with Crippen LogP contribution in [0.2, 0.25) is 0 Å². The Bertz CT molecular complexity index is 970. The van der Waals surface area contributed by atoms with Crippen molar-refractivity contribution in [3.63, 3.8) is 0 Å². The summed E-state index contributed by atoms with van der Waals surface area (Å²) >= 11 is 0. The summed E-state index contributed by atoms with van der Waals surface area (Å²) in [7, 11) is 0. The van der Waals surface area contributed by atoms with E-state index in [1.54, 1.807) is 23.0 Å². The van der Waals surface area contributed by atoms with Crippen LogP contribution < -0.4 is 16.2 Å².